The Bertz CT molecular complexity index is 1100. The summed E-state index contributed by atoms with van der Waals surface area (Å²) in [5, 5.41) is 0. The van der Waals surface area contributed by atoms with Gasteiger partial charge in [-0.1, -0.05) is 0 Å². The first kappa shape index (κ1) is 24.4. The lowest BCUT2D eigenvalue weighted by Crippen LogP contribution is -2.37. The molecule has 2 amide bonds. The van der Waals surface area contributed by atoms with E-state index in [1.54, 1.807) is 38.2 Å². The van der Waals surface area contributed by atoms with Gasteiger partial charge in [0.15, 0.2) is 0 Å². The Morgan fingerprint density at radius 2 is 2.00 bits per heavy atom. The molecule has 2 aromatic rings. The fraction of sp³-hybridized carbons (Fsp3) is 0.440. The van der Waals surface area contributed by atoms with Crippen molar-refractivity contribution in [3.63, 3.8) is 0 Å². The molecule has 1 unspecified atom stereocenters. The van der Waals surface area contributed by atoms with E-state index in [0.29, 0.717) is 49.4 Å². The lowest BCUT2D eigenvalue weighted by molar-refractivity contribution is -0.148. The summed E-state index contributed by atoms with van der Waals surface area (Å²) in [6, 6.07) is 8.12. The number of piperidine rings is 1. The standard InChI is InChI=1S/C25H29FN4O5/c1-3-34-24(32)16-8-10-29(11-9-16)22-7-4-17(13-28-22)19-6-5-18(12-20(19)26)30-14-21(35-25(30)33)15(2)23(27)31/h4-7,12-13,15-16,21H,3,8-11,14H2,1-2H3,(H2,27,31)/t15-,21?/m0/s1. The summed E-state index contributed by atoms with van der Waals surface area (Å²) in [5.74, 6) is -1.18. The zero-order chi connectivity index (χ0) is 25.1. The van der Waals surface area contributed by atoms with Crippen LogP contribution < -0.4 is 15.5 Å². The molecule has 0 aliphatic carbocycles. The smallest absolute Gasteiger partial charge is 0.414 e. The highest BCUT2D eigenvalue weighted by Crippen LogP contribution is 2.31. The average Bonchev–Trinajstić information content (AvgIpc) is 3.25. The number of cyclic esters (lactones) is 1. The second kappa shape index (κ2) is 10.3. The molecule has 2 aliphatic rings. The van der Waals surface area contributed by atoms with E-state index in [1.807, 2.05) is 6.07 Å². The number of aromatic nitrogens is 1. The van der Waals surface area contributed by atoms with E-state index in [2.05, 4.69) is 9.88 Å². The number of esters is 1. The number of ether oxygens (including phenoxy) is 2. The Morgan fingerprint density at radius 3 is 2.60 bits per heavy atom. The van der Waals surface area contributed by atoms with Crippen LogP contribution >= 0.6 is 0 Å². The molecule has 0 bridgehead atoms. The number of pyridine rings is 1. The van der Waals surface area contributed by atoms with Gasteiger partial charge in [0.25, 0.3) is 0 Å². The molecule has 9 nitrogen and oxygen atoms in total. The molecule has 0 spiro atoms. The molecule has 2 N–H and O–H groups in total. The summed E-state index contributed by atoms with van der Waals surface area (Å²) in [5.41, 5.74) is 6.59. The molecular formula is C25H29FN4O5. The number of halogens is 1. The maximum Gasteiger partial charge on any atom is 0.414 e. The molecule has 1 aromatic heterocycles. The van der Waals surface area contributed by atoms with Crippen LogP contribution in [-0.2, 0) is 19.1 Å². The van der Waals surface area contributed by atoms with Crippen LogP contribution in [0.15, 0.2) is 36.5 Å². The van der Waals surface area contributed by atoms with Gasteiger partial charge in [0.2, 0.25) is 5.91 Å². The normalized spacial score (nSPS) is 19.4. The van der Waals surface area contributed by atoms with Crippen LogP contribution in [0.25, 0.3) is 11.1 Å². The number of nitrogens with two attached hydrogens (primary N) is 1. The van der Waals surface area contributed by atoms with E-state index < -0.39 is 29.8 Å². The third kappa shape index (κ3) is 5.21. The van der Waals surface area contributed by atoms with Crippen molar-refractivity contribution in [3.8, 4) is 11.1 Å². The molecular weight excluding hydrogens is 455 g/mol. The molecule has 0 saturated carbocycles. The Labute approximate surface area is 203 Å². The molecule has 2 atom stereocenters. The number of anilines is 2. The van der Waals surface area contributed by atoms with Crippen molar-refractivity contribution in [2.75, 3.05) is 36.0 Å². The van der Waals surface area contributed by atoms with Gasteiger partial charge in [-0.05, 0) is 57.0 Å². The first-order valence-corrected chi connectivity index (χ1v) is 11.7. The van der Waals surface area contributed by atoms with Gasteiger partial charge in [0, 0.05) is 30.4 Å². The van der Waals surface area contributed by atoms with E-state index in [-0.39, 0.29) is 18.4 Å². The van der Waals surface area contributed by atoms with Crippen LogP contribution in [-0.4, -0.2) is 55.3 Å². The summed E-state index contributed by atoms with van der Waals surface area (Å²) in [6.07, 6.45) is 1.70. The molecule has 0 radical (unpaired) electrons. The van der Waals surface area contributed by atoms with Crippen LogP contribution in [0.1, 0.15) is 26.7 Å². The Kier molecular flexibility index (Phi) is 7.18. The van der Waals surface area contributed by atoms with Gasteiger partial charge in [-0.25, -0.2) is 14.2 Å². The van der Waals surface area contributed by atoms with Crippen LogP contribution in [0.2, 0.25) is 0 Å². The van der Waals surface area contributed by atoms with E-state index >= 15 is 4.39 Å². The van der Waals surface area contributed by atoms with Crippen molar-refractivity contribution >= 4 is 29.5 Å². The molecule has 2 aliphatic heterocycles. The molecule has 10 heteroatoms. The highest BCUT2D eigenvalue weighted by molar-refractivity contribution is 5.91. The number of rotatable bonds is 7. The SMILES string of the molecule is CCOC(=O)C1CCN(c2ccc(-c3ccc(N4CC([C@H](C)C(N)=O)OC4=O)cc3F)cn2)CC1. The molecule has 1 aromatic carbocycles. The van der Waals surface area contributed by atoms with Gasteiger partial charge in [0.1, 0.15) is 17.7 Å². The van der Waals surface area contributed by atoms with Crippen LogP contribution in [0.3, 0.4) is 0 Å². The Balaban J connectivity index is 1.42. The highest BCUT2D eigenvalue weighted by atomic mass is 19.1. The first-order valence-electron chi connectivity index (χ1n) is 11.7. The van der Waals surface area contributed by atoms with E-state index in [4.69, 9.17) is 15.2 Å². The van der Waals surface area contributed by atoms with Gasteiger partial charge in [0.05, 0.1) is 30.7 Å². The van der Waals surface area contributed by atoms with Crippen molar-refractivity contribution in [1.82, 2.24) is 4.98 Å². The molecule has 3 heterocycles. The predicted octanol–water partition coefficient (Wildman–Crippen LogP) is 3.11. The predicted molar refractivity (Wildman–Crippen MR) is 127 cm³/mol. The van der Waals surface area contributed by atoms with Crippen LogP contribution in [0.5, 0.6) is 0 Å². The second-order valence-corrected chi connectivity index (χ2v) is 8.81. The monoisotopic (exact) mass is 484 g/mol. The minimum Gasteiger partial charge on any atom is -0.466 e. The van der Waals surface area contributed by atoms with Gasteiger partial charge in [-0.2, -0.15) is 0 Å². The molecule has 186 valence electrons. The number of hydrogen-bond donors (Lipinski definition) is 1. The summed E-state index contributed by atoms with van der Waals surface area (Å²) in [4.78, 5) is 43.5. The zero-order valence-electron chi connectivity index (χ0n) is 19.8. The molecule has 2 fully saturated rings. The fourth-order valence-electron chi connectivity index (χ4n) is 4.38. The van der Waals surface area contributed by atoms with Crippen molar-refractivity contribution < 1.29 is 28.2 Å². The van der Waals surface area contributed by atoms with Crippen molar-refractivity contribution in [2.45, 2.75) is 32.8 Å². The van der Waals surface area contributed by atoms with Gasteiger partial charge in [-0.15, -0.1) is 0 Å². The highest BCUT2D eigenvalue weighted by Gasteiger charge is 2.38. The largest absolute Gasteiger partial charge is 0.466 e. The van der Waals surface area contributed by atoms with Gasteiger partial charge >= 0.3 is 12.1 Å². The third-order valence-electron chi connectivity index (χ3n) is 6.60. The number of hydrogen-bond acceptors (Lipinski definition) is 7. The van der Waals surface area contributed by atoms with Crippen molar-refractivity contribution in [1.29, 1.82) is 0 Å². The van der Waals surface area contributed by atoms with E-state index in [9.17, 15) is 14.4 Å². The second-order valence-electron chi connectivity index (χ2n) is 8.81. The average molecular weight is 485 g/mol. The molecule has 2 saturated heterocycles. The fourth-order valence-corrected chi connectivity index (χ4v) is 4.38. The number of carbonyl (C=O) groups excluding carboxylic acids is 3. The van der Waals surface area contributed by atoms with Crippen LogP contribution in [0.4, 0.5) is 20.7 Å². The summed E-state index contributed by atoms with van der Waals surface area (Å²) < 4.78 is 25.3. The Hall–Kier alpha value is -3.69. The lowest BCUT2D eigenvalue weighted by Gasteiger charge is -2.31. The molecule has 4 rings (SSSR count). The quantitative estimate of drug-likeness (QED) is 0.601. The minimum atomic E-state index is -0.679. The lowest BCUT2D eigenvalue weighted by atomic mass is 9.97. The number of carbonyl (C=O) groups is 3. The van der Waals surface area contributed by atoms with Gasteiger partial charge in [-0.3, -0.25) is 14.5 Å². The third-order valence-corrected chi connectivity index (χ3v) is 6.60. The summed E-state index contributed by atoms with van der Waals surface area (Å²) in [7, 11) is 0. The van der Waals surface area contributed by atoms with E-state index in [0.717, 1.165) is 5.82 Å². The maximum absolute atomic E-state index is 15.0. The van der Waals surface area contributed by atoms with Gasteiger partial charge < -0.3 is 20.1 Å². The molecule has 35 heavy (non-hydrogen) atoms. The van der Waals surface area contributed by atoms with Crippen molar-refractivity contribution in [2.24, 2.45) is 17.6 Å². The minimum absolute atomic E-state index is 0.0831. The number of amides is 2. The van der Waals surface area contributed by atoms with E-state index in [1.165, 1.54) is 11.0 Å². The Morgan fingerprint density at radius 1 is 1.26 bits per heavy atom. The maximum atomic E-state index is 15.0. The summed E-state index contributed by atoms with van der Waals surface area (Å²) >= 11 is 0. The number of benzene rings is 1. The number of nitrogens with zero attached hydrogens (tertiary/aromatic N) is 3. The zero-order valence-corrected chi connectivity index (χ0v) is 19.8. The summed E-state index contributed by atoms with van der Waals surface area (Å²) in [6.45, 7) is 5.28. The number of primary amides is 1. The van der Waals surface area contributed by atoms with Crippen molar-refractivity contribution in [3.05, 3.63) is 42.3 Å². The topological polar surface area (TPSA) is 115 Å². The first-order chi connectivity index (χ1) is 16.8. The van der Waals surface area contributed by atoms with Crippen LogP contribution in [0, 0.1) is 17.7 Å².